The lowest BCUT2D eigenvalue weighted by Gasteiger charge is -2.23. The summed E-state index contributed by atoms with van der Waals surface area (Å²) in [7, 11) is 0. The van der Waals surface area contributed by atoms with E-state index < -0.39 is 0 Å². The van der Waals surface area contributed by atoms with Gasteiger partial charge in [-0.1, -0.05) is 24.3 Å². The predicted octanol–water partition coefficient (Wildman–Crippen LogP) is 3.56. The normalized spacial score (nSPS) is 17.8. The van der Waals surface area contributed by atoms with Crippen LogP contribution in [-0.2, 0) is 4.79 Å². The Hall–Kier alpha value is -2.36. The minimum atomic E-state index is 0.127. The topological polar surface area (TPSA) is 42.4 Å². The Labute approximate surface area is 124 Å². The number of rotatable bonds is 3. The third kappa shape index (κ3) is 3.05. The number of likely N-dealkylation sites (tertiary alicyclic amines) is 1. The van der Waals surface area contributed by atoms with Crippen molar-refractivity contribution in [2.24, 2.45) is 0 Å². The molecule has 1 aromatic carbocycles. The zero-order valence-electron chi connectivity index (χ0n) is 12.0. The molecule has 0 radical (unpaired) electrons. The molecule has 0 saturated carbocycles. The van der Waals surface area contributed by atoms with E-state index in [1.54, 1.807) is 6.92 Å². The third-order valence-corrected chi connectivity index (χ3v) is 3.77. The van der Waals surface area contributed by atoms with Crippen LogP contribution < -0.4 is 4.74 Å². The summed E-state index contributed by atoms with van der Waals surface area (Å²) < 4.78 is 5.68. The molecule has 1 fully saturated rings. The molecule has 1 amide bonds. The Morgan fingerprint density at radius 3 is 2.71 bits per heavy atom. The van der Waals surface area contributed by atoms with E-state index in [0.29, 0.717) is 5.88 Å². The van der Waals surface area contributed by atoms with Gasteiger partial charge in [0.15, 0.2) is 0 Å². The Morgan fingerprint density at radius 1 is 1.24 bits per heavy atom. The summed E-state index contributed by atoms with van der Waals surface area (Å²) in [5.41, 5.74) is 1.07. The maximum atomic E-state index is 11.6. The summed E-state index contributed by atoms with van der Waals surface area (Å²) in [5, 5.41) is 0. The lowest BCUT2D eigenvalue weighted by Crippen LogP contribution is -2.28. The smallest absolute Gasteiger partial charge is 0.219 e. The second kappa shape index (κ2) is 5.95. The van der Waals surface area contributed by atoms with Crippen LogP contribution in [0.1, 0.15) is 31.4 Å². The van der Waals surface area contributed by atoms with Crippen LogP contribution in [0, 0.1) is 0 Å². The van der Waals surface area contributed by atoms with Crippen LogP contribution in [0.3, 0.4) is 0 Å². The number of benzene rings is 1. The van der Waals surface area contributed by atoms with E-state index in [4.69, 9.17) is 4.74 Å². The van der Waals surface area contributed by atoms with Gasteiger partial charge in [-0.15, -0.1) is 0 Å². The van der Waals surface area contributed by atoms with E-state index in [-0.39, 0.29) is 11.9 Å². The van der Waals surface area contributed by atoms with Gasteiger partial charge in [0.05, 0.1) is 6.04 Å². The number of nitrogens with zero attached hydrogens (tertiary/aromatic N) is 2. The van der Waals surface area contributed by atoms with Gasteiger partial charge in [-0.2, -0.15) is 0 Å². The Bertz CT molecular complexity index is 610. The maximum absolute atomic E-state index is 11.6. The molecule has 108 valence electrons. The first-order valence-electron chi connectivity index (χ1n) is 7.20. The number of hydrogen-bond donors (Lipinski definition) is 0. The molecule has 21 heavy (non-hydrogen) atoms. The molecule has 0 bridgehead atoms. The average Bonchev–Trinajstić information content (AvgIpc) is 2.99. The molecule has 1 unspecified atom stereocenters. The monoisotopic (exact) mass is 282 g/mol. The number of ether oxygens (including phenoxy) is 1. The van der Waals surface area contributed by atoms with Gasteiger partial charge in [0.2, 0.25) is 11.8 Å². The summed E-state index contributed by atoms with van der Waals surface area (Å²) in [6.07, 6.45) is 3.86. The molecule has 1 atom stereocenters. The van der Waals surface area contributed by atoms with Gasteiger partial charge in [-0.3, -0.25) is 4.79 Å². The van der Waals surface area contributed by atoms with Gasteiger partial charge >= 0.3 is 0 Å². The highest BCUT2D eigenvalue weighted by atomic mass is 16.5. The van der Waals surface area contributed by atoms with Gasteiger partial charge < -0.3 is 9.64 Å². The number of hydrogen-bond acceptors (Lipinski definition) is 3. The molecule has 3 rings (SSSR count). The molecule has 2 aromatic rings. The highest BCUT2D eigenvalue weighted by molar-refractivity contribution is 5.74. The van der Waals surface area contributed by atoms with E-state index in [1.807, 2.05) is 53.6 Å². The number of carbonyl (C=O) groups is 1. The lowest BCUT2D eigenvalue weighted by atomic mass is 10.1. The first-order valence-corrected chi connectivity index (χ1v) is 7.20. The number of pyridine rings is 1. The fourth-order valence-electron chi connectivity index (χ4n) is 2.75. The van der Waals surface area contributed by atoms with Crippen molar-refractivity contribution in [1.82, 2.24) is 9.88 Å². The van der Waals surface area contributed by atoms with Gasteiger partial charge in [-0.25, -0.2) is 4.98 Å². The van der Waals surface area contributed by atoms with Gasteiger partial charge in [0.25, 0.3) is 0 Å². The molecule has 0 spiro atoms. The molecule has 1 aromatic heterocycles. The fraction of sp³-hybridized carbons (Fsp3) is 0.294. The van der Waals surface area contributed by atoms with Crippen LogP contribution >= 0.6 is 0 Å². The number of para-hydroxylation sites is 1. The summed E-state index contributed by atoms with van der Waals surface area (Å²) in [5.74, 6) is 1.46. The standard InChI is InChI=1S/C17H18N2O2/c1-13(20)19-11-5-8-16(19)14-9-10-17(18-12-14)21-15-6-3-2-4-7-15/h2-4,6-7,9-10,12,16H,5,8,11H2,1H3. The quantitative estimate of drug-likeness (QED) is 0.864. The predicted molar refractivity (Wildman–Crippen MR) is 80.1 cm³/mol. The van der Waals surface area contributed by atoms with Crippen LogP contribution in [0.2, 0.25) is 0 Å². The molecule has 4 nitrogen and oxygen atoms in total. The zero-order chi connectivity index (χ0) is 14.7. The van der Waals surface area contributed by atoms with E-state index in [9.17, 15) is 4.79 Å². The van der Waals surface area contributed by atoms with E-state index >= 15 is 0 Å². The van der Waals surface area contributed by atoms with Crippen LogP contribution in [-0.4, -0.2) is 22.3 Å². The molecule has 0 aliphatic carbocycles. The molecule has 4 heteroatoms. The number of aromatic nitrogens is 1. The van der Waals surface area contributed by atoms with Crippen molar-refractivity contribution in [2.75, 3.05) is 6.54 Å². The van der Waals surface area contributed by atoms with Crippen molar-refractivity contribution in [3.8, 4) is 11.6 Å². The molecule has 0 N–H and O–H groups in total. The summed E-state index contributed by atoms with van der Waals surface area (Å²) >= 11 is 0. The Morgan fingerprint density at radius 2 is 2.05 bits per heavy atom. The molecule has 1 saturated heterocycles. The second-order valence-corrected chi connectivity index (χ2v) is 5.22. The second-order valence-electron chi connectivity index (χ2n) is 5.22. The van der Waals surface area contributed by atoms with Gasteiger partial charge in [0.1, 0.15) is 5.75 Å². The summed E-state index contributed by atoms with van der Waals surface area (Å²) in [6.45, 7) is 2.46. The van der Waals surface area contributed by atoms with Crippen molar-refractivity contribution in [3.05, 3.63) is 54.2 Å². The summed E-state index contributed by atoms with van der Waals surface area (Å²) in [6, 6.07) is 13.6. The Balaban J connectivity index is 1.73. The first-order chi connectivity index (χ1) is 10.2. The van der Waals surface area contributed by atoms with Crippen molar-refractivity contribution in [1.29, 1.82) is 0 Å². The van der Waals surface area contributed by atoms with E-state index in [1.165, 1.54) is 0 Å². The highest BCUT2D eigenvalue weighted by Gasteiger charge is 2.27. The average molecular weight is 282 g/mol. The van der Waals surface area contributed by atoms with Crippen molar-refractivity contribution >= 4 is 5.91 Å². The largest absolute Gasteiger partial charge is 0.439 e. The molecule has 1 aliphatic rings. The third-order valence-electron chi connectivity index (χ3n) is 3.77. The first kappa shape index (κ1) is 13.6. The van der Waals surface area contributed by atoms with Gasteiger partial charge in [-0.05, 0) is 30.5 Å². The Kier molecular flexibility index (Phi) is 3.86. The number of carbonyl (C=O) groups excluding carboxylic acids is 1. The lowest BCUT2D eigenvalue weighted by molar-refractivity contribution is -0.129. The zero-order valence-corrected chi connectivity index (χ0v) is 12.0. The van der Waals surface area contributed by atoms with Crippen LogP contribution in [0.15, 0.2) is 48.7 Å². The maximum Gasteiger partial charge on any atom is 0.219 e. The minimum Gasteiger partial charge on any atom is -0.439 e. The van der Waals surface area contributed by atoms with Gasteiger partial charge in [0, 0.05) is 25.7 Å². The molecular weight excluding hydrogens is 264 g/mol. The van der Waals surface area contributed by atoms with Crippen molar-refractivity contribution in [3.63, 3.8) is 0 Å². The SMILES string of the molecule is CC(=O)N1CCCC1c1ccc(Oc2ccccc2)nc1. The minimum absolute atomic E-state index is 0.127. The molecule has 2 heterocycles. The fourth-order valence-corrected chi connectivity index (χ4v) is 2.75. The van der Waals surface area contributed by atoms with E-state index in [2.05, 4.69) is 4.98 Å². The summed E-state index contributed by atoms with van der Waals surface area (Å²) in [4.78, 5) is 17.9. The van der Waals surface area contributed by atoms with Crippen LogP contribution in [0.5, 0.6) is 11.6 Å². The highest BCUT2D eigenvalue weighted by Crippen LogP contribution is 2.32. The number of amides is 1. The van der Waals surface area contributed by atoms with Crippen LogP contribution in [0.4, 0.5) is 0 Å². The molecule has 1 aliphatic heterocycles. The van der Waals surface area contributed by atoms with E-state index in [0.717, 1.165) is 30.7 Å². The van der Waals surface area contributed by atoms with Crippen LogP contribution in [0.25, 0.3) is 0 Å². The molecular formula is C17H18N2O2. The van der Waals surface area contributed by atoms with Crippen molar-refractivity contribution in [2.45, 2.75) is 25.8 Å². The van der Waals surface area contributed by atoms with Crippen molar-refractivity contribution < 1.29 is 9.53 Å².